The minimum Gasteiger partial charge on any atom is -0.489 e. The van der Waals surface area contributed by atoms with Crippen molar-refractivity contribution < 1.29 is 9.15 Å². The first-order valence-electron chi connectivity index (χ1n) is 12.1. The van der Waals surface area contributed by atoms with Gasteiger partial charge in [-0.1, -0.05) is 6.42 Å². The fourth-order valence-corrected chi connectivity index (χ4v) is 4.93. The van der Waals surface area contributed by atoms with Gasteiger partial charge in [0.25, 0.3) is 0 Å². The Labute approximate surface area is 206 Å². The van der Waals surface area contributed by atoms with Gasteiger partial charge in [0, 0.05) is 34.5 Å². The maximum Gasteiger partial charge on any atom is 0.159 e. The molecule has 6 aromatic heterocycles. The molecule has 0 amide bonds. The summed E-state index contributed by atoms with van der Waals surface area (Å²) in [5.74, 6) is 1.43. The first kappa shape index (κ1) is 20.8. The molecule has 0 aliphatic heterocycles. The van der Waals surface area contributed by atoms with E-state index in [1.165, 1.54) is 19.3 Å². The molecule has 9 heteroatoms. The van der Waals surface area contributed by atoms with Gasteiger partial charge in [0.2, 0.25) is 0 Å². The Morgan fingerprint density at radius 2 is 1.83 bits per heavy atom. The third kappa shape index (κ3) is 3.69. The minimum absolute atomic E-state index is 0.265. The second-order valence-electron chi connectivity index (χ2n) is 9.16. The Hall–Kier alpha value is -4.53. The molecule has 0 saturated heterocycles. The predicted octanol–water partition coefficient (Wildman–Crippen LogP) is 5.93. The molecule has 1 aliphatic rings. The molecule has 0 aromatic carbocycles. The average molecular weight is 478 g/mol. The number of pyridine rings is 3. The molecule has 0 unspecified atom stereocenters. The number of nitrogens with zero attached hydrogens (tertiary/aromatic N) is 5. The molecule has 6 heterocycles. The lowest BCUT2D eigenvalue weighted by Crippen LogP contribution is -2.19. The quantitative estimate of drug-likeness (QED) is 0.316. The van der Waals surface area contributed by atoms with Crippen molar-refractivity contribution in [3.8, 4) is 39.7 Å². The van der Waals surface area contributed by atoms with E-state index in [0.717, 1.165) is 62.9 Å². The molecule has 1 fully saturated rings. The van der Waals surface area contributed by atoms with Gasteiger partial charge in [0.1, 0.15) is 17.0 Å². The van der Waals surface area contributed by atoms with Crippen molar-refractivity contribution in [2.45, 2.75) is 38.2 Å². The van der Waals surface area contributed by atoms with Crippen molar-refractivity contribution in [2.75, 3.05) is 0 Å². The number of H-pyrrole nitrogens is 2. The average Bonchev–Trinajstić information content (AvgIpc) is 3.68. The number of imidazole rings is 1. The molecular formula is C27H23N7O2. The summed E-state index contributed by atoms with van der Waals surface area (Å²) in [4.78, 5) is 21.7. The summed E-state index contributed by atoms with van der Waals surface area (Å²) in [5.41, 5.74) is 6.68. The van der Waals surface area contributed by atoms with Gasteiger partial charge in [-0.25, -0.2) is 4.98 Å². The highest BCUT2D eigenvalue weighted by Gasteiger charge is 2.18. The number of hydrogen-bond acceptors (Lipinski definition) is 7. The lowest BCUT2D eigenvalue weighted by molar-refractivity contribution is 0.154. The van der Waals surface area contributed by atoms with Crippen LogP contribution in [-0.4, -0.2) is 41.2 Å². The van der Waals surface area contributed by atoms with E-state index >= 15 is 0 Å². The topological polar surface area (TPSA) is 118 Å². The third-order valence-corrected chi connectivity index (χ3v) is 6.76. The summed E-state index contributed by atoms with van der Waals surface area (Å²) in [6.07, 6.45) is 18.5. The highest BCUT2D eigenvalue weighted by Crippen LogP contribution is 2.33. The van der Waals surface area contributed by atoms with Gasteiger partial charge >= 0.3 is 0 Å². The maximum atomic E-state index is 6.22. The number of furan rings is 1. The fraction of sp³-hybridized carbons (Fsp3) is 0.222. The smallest absolute Gasteiger partial charge is 0.159 e. The zero-order valence-electron chi connectivity index (χ0n) is 19.4. The van der Waals surface area contributed by atoms with Gasteiger partial charge in [-0.15, -0.1) is 0 Å². The van der Waals surface area contributed by atoms with E-state index < -0.39 is 0 Å². The predicted molar refractivity (Wildman–Crippen MR) is 135 cm³/mol. The Bertz CT molecular complexity index is 1660. The van der Waals surface area contributed by atoms with Crippen LogP contribution in [0.4, 0.5) is 0 Å². The summed E-state index contributed by atoms with van der Waals surface area (Å²) in [5, 5.41) is 8.53. The van der Waals surface area contributed by atoms with Crippen LogP contribution in [0.1, 0.15) is 32.1 Å². The van der Waals surface area contributed by atoms with Gasteiger partial charge < -0.3 is 14.1 Å². The number of nitrogens with one attached hydrogen (secondary N) is 2. The molecule has 36 heavy (non-hydrogen) atoms. The van der Waals surface area contributed by atoms with Crippen LogP contribution in [0.5, 0.6) is 5.75 Å². The number of fused-ring (bicyclic) bond motifs is 2. The number of ether oxygens (including phenoxy) is 1. The van der Waals surface area contributed by atoms with E-state index in [2.05, 4.69) is 30.1 Å². The van der Waals surface area contributed by atoms with Crippen LogP contribution in [0.3, 0.4) is 0 Å². The molecule has 9 nitrogen and oxygen atoms in total. The Kier molecular flexibility index (Phi) is 4.97. The van der Waals surface area contributed by atoms with Crippen LogP contribution in [-0.2, 0) is 0 Å². The molecule has 1 aliphatic carbocycles. The molecule has 178 valence electrons. The summed E-state index contributed by atoms with van der Waals surface area (Å²) in [6, 6.07) is 5.92. The van der Waals surface area contributed by atoms with E-state index in [1.807, 2.05) is 24.4 Å². The van der Waals surface area contributed by atoms with Crippen LogP contribution in [0.2, 0.25) is 0 Å². The molecule has 1 saturated carbocycles. The molecule has 2 N–H and O–H groups in total. The summed E-state index contributed by atoms with van der Waals surface area (Å²) >= 11 is 0. The summed E-state index contributed by atoms with van der Waals surface area (Å²) < 4.78 is 11.5. The number of rotatable bonds is 5. The zero-order valence-corrected chi connectivity index (χ0v) is 19.4. The summed E-state index contributed by atoms with van der Waals surface area (Å²) in [6.45, 7) is 0. The minimum atomic E-state index is 0.265. The van der Waals surface area contributed by atoms with Gasteiger partial charge in [0.05, 0.1) is 53.9 Å². The highest BCUT2D eigenvalue weighted by atomic mass is 16.5. The van der Waals surface area contributed by atoms with Gasteiger partial charge in [-0.2, -0.15) is 5.10 Å². The van der Waals surface area contributed by atoms with Crippen molar-refractivity contribution in [2.24, 2.45) is 0 Å². The normalized spacial score (nSPS) is 14.6. The zero-order chi connectivity index (χ0) is 23.9. The number of hydrogen-bond donors (Lipinski definition) is 2. The van der Waals surface area contributed by atoms with Gasteiger partial charge in [-0.3, -0.25) is 20.1 Å². The third-order valence-electron chi connectivity index (χ3n) is 6.76. The van der Waals surface area contributed by atoms with Crippen molar-refractivity contribution in [1.82, 2.24) is 35.1 Å². The second kappa shape index (κ2) is 8.60. The van der Waals surface area contributed by atoms with Gasteiger partial charge in [0.15, 0.2) is 5.82 Å². The molecular weight excluding hydrogens is 454 g/mol. The first-order valence-corrected chi connectivity index (χ1v) is 12.1. The van der Waals surface area contributed by atoms with E-state index in [9.17, 15) is 0 Å². The van der Waals surface area contributed by atoms with E-state index in [4.69, 9.17) is 14.1 Å². The SMILES string of the molecule is c1cc(-c2cncc3[nH]c(-c4n[nH]c5cnc(-c6cncc(OC7CCCCC7)c6)cc45)nc23)co1. The molecule has 7 rings (SSSR count). The molecule has 0 atom stereocenters. The monoisotopic (exact) mass is 477 g/mol. The van der Waals surface area contributed by atoms with E-state index in [0.29, 0.717) is 11.5 Å². The Balaban J connectivity index is 1.26. The number of aromatic nitrogens is 7. The van der Waals surface area contributed by atoms with Crippen LogP contribution >= 0.6 is 0 Å². The van der Waals surface area contributed by atoms with E-state index in [-0.39, 0.29) is 6.10 Å². The van der Waals surface area contributed by atoms with Gasteiger partial charge in [-0.05, 0) is 43.9 Å². The van der Waals surface area contributed by atoms with Crippen molar-refractivity contribution in [1.29, 1.82) is 0 Å². The van der Waals surface area contributed by atoms with Crippen LogP contribution < -0.4 is 4.74 Å². The van der Waals surface area contributed by atoms with Crippen LogP contribution in [0.15, 0.2) is 66.1 Å². The molecule has 6 aromatic rings. The lowest BCUT2D eigenvalue weighted by atomic mass is 9.98. The maximum absolute atomic E-state index is 6.22. The van der Waals surface area contributed by atoms with E-state index in [1.54, 1.807) is 37.3 Å². The van der Waals surface area contributed by atoms with Crippen LogP contribution in [0.25, 0.3) is 55.8 Å². The highest BCUT2D eigenvalue weighted by molar-refractivity contribution is 5.97. The number of aromatic amines is 2. The molecule has 0 bridgehead atoms. The molecule has 0 spiro atoms. The first-order chi connectivity index (χ1) is 17.8. The lowest BCUT2D eigenvalue weighted by Gasteiger charge is -2.22. The largest absolute Gasteiger partial charge is 0.489 e. The molecule has 0 radical (unpaired) electrons. The Morgan fingerprint density at radius 1 is 0.917 bits per heavy atom. The standard InChI is InChI=1S/C27H23N7O2/c1-2-4-18(5-3-1)36-19-8-17(10-28-11-19)22-9-20-23(14-30-22)33-34-26(20)27-31-24-13-29-12-21(25(24)32-27)16-6-7-35-15-16/h6-15,18H,1-5H2,(H,31,32)(H,33,34). The van der Waals surface area contributed by atoms with Crippen molar-refractivity contribution >= 4 is 21.9 Å². The summed E-state index contributed by atoms with van der Waals surface area (Å²) in [7, 11) is 0. The second-order valence-corrected chi connectivity index (χ2v) is 9.16. The van der Waals surface area contributed by atoms with Crippen molar-refractivity contribution in [3.05, 3.63) is 61.7 Å². The fourth-order valence-electron chi connectivity index (χ4n) is 4.93. The van der Waals surface area contributed by atoms with Crippen LogP contribution in [0, 0.1) is 0 Å². The van der Waals surface area contributed by atoms with Crippen molar-refractivity contribution in [3.63, 3.8) is 0 Å². The Morgan fingerprint density at radius 3 is 2.72 bits per heavy atom.